The van der Waals surface area contributed by atoms with E-state index in [1.54, 1.807) is 18.3 Å². The van der Waals surface area contributed by atoms with Crippen LogP contribution in [0.15, 0.2) is 36.5 Å². The summed E-state index contributed by atoms with van der Waals surface area (Å²) in [5.41, 5.74) is 3.66. The van der Waals surface area contributed by atoms with Crippen LogP contribution in [0.4, 0.5) is 10.3 Å². The van der Waals surface area contributed by atoms with Gasteiger partial charge in [0.1, 0.15) is 11.6 Å². The Bertz CT molecular complexity index is 1020. The number of likely N-dealkylation sites (tertiary alicyclic amines) is 1. The number of anilines is 1. The predicted molar refractivity (Wildman–Crippen MR) is 116 cm³/mol. The molecule has 2 aliphatic rings. The minimum absolute atomic E-state index is 0.240. The number of aryl methyl sites for hydroxylation is 1. The fraction of sp³-hybridized carbons (Fsp3) is 0.435. The maximum atomic E-state index is 13.5. The number of fused-ring (bicyclic) bond motifs is 1. The highest BCUT2D eigenvalue weighted by atomic mass is 19.1. The van der Waals surface area contributed by atoms with Gasteiger partial charge in [-0.15, -0.1) is 0 Å². The summed E-state index contributed by atoms with van der Waals surface area (Å²) in [6.45, 7) is 6.36. The van der Waals surface area contributed by atoms with Crippen LogP contribution in [0.3, 0.4) is 0 Å². The van der Waals surface area contributed by atoms with E-state index in [1.165, 1.54) is 31.6 Å². The first-order valence-electron chi connectivity index (χ1n) is 10.9. The summed E-state index contributed by atoms with van der Waals surface area (Å²) in [5, 5.41) is 3.28. The van der Waals surface area contributed by atoms with Crippen LogP contribution in [-0.2, 0) is 6.42 Å². The summed E-state index contributed by atoms with van der Waals surface area (Å²) in [6.07, 6.45) is 6.15. The summed E-state index contributed by atoms with van der Waals surface area (Å²) in [4.78, 5) is 16.7. The smallest absolute Gasteiger partial charge is 0.223 e. The van der Waals surface area contributed by atoms with Gasteiger partial charge in [0.2, 0.25) is 5.95 Å². The van der Waals surface area contributed by atoms with Crippen LogP contribution in [0.25, 0.3) is 22.6 Å². The van der Waals surface area contributed by atoms with Crippen molar-refractivity contribution in [3.63, 3.8) is 0 Å². The van der Waals surface area contributed by atoms with Crippen LogP contribution in [0.2, 0.25) is 0 Å². The van der Waals surface area contributed by atoms with Crippen molar-refractivity contribution in [2.75, 3.05) is 31.5 Å². The van der Waals surface area contributed by atoms with E-state index in [2.05, 4.69) is 26.7 Å². The zero-order valence-corrected chi connectivity index (χ0v) is 17.3. The molecule has 1 atom stereocenters. The van der Waals surface area contributed by atoms with Crippen LogP contribution in [0.5, 0.6) is 0 Å². The van der Waals surface area contributed by atoms with Crippen LogP contribution < -0.4 is 5.32 Å². The fourth-order valence-corrected chi connectivity index (χ4v) is 4.38. The van der Waals surface area contributed by atoms with Crippen LogP contribution in [-0.4, -0.2) is 50.6 Å². The van der Waals surface area contributed by atoms with Crippen molar-refractivity contribution in [1.29, 1.82) is 0 Å². The van der Waals surface area contributed by atoms with Gasteiger partial charge in [0, 0.05) is 37.3 Å². The molecule has 3 aromatic rings. The maximum absolute atomic E-state index is 13.5. The Morgan fingerprint density at radius 1 is 1.13 bits per heavy atom. The molecule has 0 saturated carbocycles. The number of nitrogens with zero attached hydrogens (tertiary/aromatic N) is 5. The van der Waals surface area contributed by atoms with E-state index in [-0.39, 0.29) is 5.82 Å². The molecule has 7 heteroatoms. The number of hydrogen-bond acceptors (Lipinski definition) is 5. The van der Waals surface area contributed by atoms with Crippen LogP contribution in [0.1, 0.15) is 38.1 Å². The van der Waals surface area contributed by atoms with Crippen molar-refractivity contribution >= 4 is 5.95 Å². The van der Waals surface area contributed by atoms with Crippen molar-refractivity contribution in [2.24, 2.45) is 0 Å². The van der Waals surface area contributed by atoms with Crippen molar-refractivity contribution in [3.05, 3.63) is 48.2 Å². The lowest BCUT2D eigenvalue weighted by Crippen LogP contribution is -2.40. The number of imidazole rings is 1. The lowest BCUT2D eigenvalue weighted by Gasteiger charge is -2.33. The molecule has 2 aromatic heterocycles. The quantitative estimate of drug-likeness (QED) is 0.638. The highest BCUT2D eigenvalue weighted by Crippen LogP contribution is 2.39. The van der Waals surface area contributed by atoms with Crippen molar-refractivity contribution in [1.82, 2.24) is 24.4 Å². The lowest BCUT2D eigenvalue weighted by molar-refractivity contribution is 0.156. The highest BCUT2D eigenvalue weighted by molar-refractivity contribution is 5.78. The standard InChI is InChI=1S/C23H27FN6/c1-2-11-25-23-26-12-10-19(27-23)22-21(16-4-6-17(24)7-5-16)28-20-9-8-18(30(20)22)15-29-13-3-14-29/h4-7,10,12,18H,2-3,8-9,11,13-15H2,1H3,(H,25,26,27). The Kier molecular flexibility index (Phi) is 5.21. The molecule has 1 N–H and O–H groups in total. The van der Waals surface area contributed by atoms with Gasteiger partial charge >= 0.3 is 0 Å². The van der Waals surface area contributed by atoms with E-state index in [9.17, 15) is 4.39 Å². The first-order chi connectivity index (χ1) is 14.7. The molecule has 6 nitrogen and oxygen atoms in total. The molecule has 0 aliphatic carbocycles. The van der Waals surface area contributed by atoms with Crippen molar-refractivity contribution < 1.29 is 4.39 Å². The average molecular weight is 407 g/mol. The molecule has 2 aliphatic heterocycles. The first kappa shape index (κ1) is 19.2. The third-order valence-electron chi connectivity index (χ3n) is 6.02. The summed E-state index contributed by atoms with van der Waals surface area (Å²) < 4.78 is 15.9. The molecule has 1 unspecified atom stereocenters. The molecule has 5 rings (SSSR count). The van der Waals surface area contributed by atoms with E-state index < -0.39 is 0 Å². The van der Waals surface area contributed by atoms with Gasteiger partial charge in [0.15, 0.2) is 0 Å². The Balaban J connectivity index is 1.60. The van der Waals surface area contributed by atoms with Crippen molar-refractivity contribution in [2.45, 2.75) is 38.6 Å². The summed E-state index contributed by atoms with van der Waals surface area (Å²) in [6, 6.07) is 8.94. The molecular formula is C23H27FN6. The van der Waals surface area contributed by atoms with Gasteiger partial charge in [-0.2, -0.15) is 0 Å². The molecule has 0 bridgehead atoms. The minimum atomic E-state index is -0.240. The molecule has 0 spiro atoms. The van der Waals surface area contributed by atoms with Gasteiger partial charge in [-0.3, -0.25) is 0 Å². The third-order valence-corrected chi connectivity index (χ3v) is 6.02. The zero-order valence-electron chi connectivity index (χ0n) is 17.3. The number of nitrogens with one attached hydrogen (secondary N) is 1. The highest BCUT2D eigenvalue weighted by Gasteiger charge is 2.32. The van der Waals surface area contributed by atoms with E-state index >= 15 is 0 Å². The maximum Gasteiger partial charge on any atom is 0.223 e. The second kappa shape index (κ2) is 8.14. The molecule has 1 fully saturated rings. The van der Waals surface area contributed by atoms with Gasteiger partial charge in [0.05, 0.1) is 17.1 Å². The summed E-state index contributed by atoms with van der Waals surface area (Å²) in [5.74, 6) is 1.49. The van der Waals surface area contributed by atoms with Gasteiger partial charge < -0.3 is 14.8 Å². The van der Waals surface area contributed by atoms with Gasteiger partial charge in [-0.05, 0) is 62.7 Å². The van der Waals surface area contributed by atoms with E-state index in [0.29, 0.717) is 12.0 Å². The SMILES string of the molecule is CCCNc1nccc(-c2c(-c3ccc(F)cc3)nc3n2C(CN2CCC2)CC3)n1. The Labute approximate surface area is 176 Å². The van der Waals surface area contributed by atoms with Gasteiger partial charge in [-0.25, -0.2) is 19.3 Å². The zero-order chi connectivity index (χ0) is 20.5. The monoisotopic (exact) mass is 406 g/mol. The van der Waals surface area contributed by atoms with Crippen LogP contribution >= 0.6 is 0 Å². The van der Waals surface area contributed by atoms with E-state index in [0.717, 1.165) is 60.8 Å². The second-order valence-corrected chi connectivity index (χ2v) is 8.14. The fourth-order valence-electron chi connectivity index (χ4n) is 4.38. The number of rotatable bonds is 7. The van der Waals surface area contributed by atoms with Gasteiger partial charge in [0.25, 0.3) is 0 Å². The normalized spacial score (nSPS) is 18.3. The van der Waals surface area contributed by atoms with E-state index in [1.807, 2.05) is 6.07 Å². The van der Waals surface area contributed by atoms with Crippen molar-refractivity contribution in [3.8, 4) is 22.6 Å². The molecule has 156 valence electrons. The summed E-state index contributed by atoms with van der Waals surface area (Å²) >= 11 is 0. The van der Waals surface area contributed by atoms with Gasteiger partial charge in [-0.1, -0.05) is 6.92 Å². The average Bonchev–Trinajstić information content (AvgIpc) is 3.29. The lowest BCUT2D eigenvalue weighted by atomic mass is 10.1. The second-order valence-electron chi connectivity index (χ2n) is 8.14. The topological polar surface area (TPSA) is 58.9 Å². The van der Waals surface area contributed by atoms with E-state index in [4.69, 9.17) is 9.97 Å². The Morgan fingerprint density at radius 3 is 2.70 bits per heavy atom. The number of benzene rings is 1. The molecule has 0 amide bonds. The first-order valence-corrected chi connectivity index (χ1v) is 10.9. The number of aromatic nitrogens is 4. The molecular weight excluding hydrogens is 379 g/mol. The van der Waals surface area contributed by atoms with Crippen LogP contribution in [0, 0.1) is 5.82 Å². The molecule has 1 aromatic carbocycles. The number of halogens is 1. The largest absolute Gasteiger partial charge is 0.354 e. The number of hydrogen-bond donors (Lipinski definition) is 1. The summed E-state index contributed by atoms with van der Waals surface area (Å²) in [7, 11) is 0. The third kappa shape index (κ3) is 3.58. The minimum Gasteiger partial charge on any atom is -0.354 e. The Hall–Kier alpha value is -2.80. The Morgan fingerprint density at radius 2 is 1.97 bits per heavy atom. The molecule has 4 heterocycles. The predicted octanol–water partition coefficient (Wildman–Crippen LogP) is 4.16. The molecule has 30 heavy (non-hydrogen) atoms. The molecule has 1 saturated heterocycles. The molecule has 0 radical (unpaired) electrons.